The predicted octanol–water partition coefficient (Wildman–Crippen LogP) is 2.62. The van der Waals surface area contributed by atoms with E-state index < -0.39 is 0 Å². The number of hydrogen-bond acceptors (Lipinski definition) is 7. The smallest absolute Gasteiger partial charge is 0.271 e. The van der Waals surface area contributed by atoms with Gasteiger partial charge in [0, 0.05) is 18.0 Å². The Kier molecular flexibility index (Phi) is 4.97. The number of ether oxygens (including phenoxy) is 1. The second-order valence-corrected chi connectivity index (χ2v) is 5.63. The minimum absolute atomic E-state index is 0.219. The zero-order chi connectivity index (χ0) is 16.8. The van der Waals surface area contributed by atoms with Crippen molar-refractivity contribution in [1.82, 2.24) is 20.3 Å². The summed E-state index contributed by atoms with van der Waals surface area (Å²) in [5, 5.41) is 8.13. The number of anilines is 2. The molecule has 0 bridgehead atoms. The number of thiazole rings is 1. The highest BCUT2D eigenvalue weighted by Gasteiger charge is 2.11. The topological polar surface area (TPSA) is 89.0 Å². The largest absolute Gasteiger partial charge is 0.481 e. The van der Waals surface area contributed by atoms with E-state index in [1.54, 1.807) is 11.4 Å². The maximum atomic E-state index is 12.1. The van der Waals surface area contributed by atoms with Crippen LogP contribution in [0.4, 0.5) is 10.9 Å². The first kappa shape index (κ1) is 15.9. The van der Waals surface area contributed by atoms with E-state index in [-0.39, 0.29) is 5.91 Å². The SMILES string of the molecule is COc1cc(Nc2nc(C(=O)NCc3ccccc3)cs2)ncn1. The summed E-state index contributed by atoms with van der Waals surface area (Å²) < 4.78 is 5.04. The molecule has 8 heteroatoms. The van der Waals surface area contributed by atoms with E-state index in [0.29, 0.717) is 29.1 Å². The Labute approximate surface area is 142 Å². The Bertz CT molecular complexity index is 822. The van der Waals surface area contributed by atoms with Crippen molar-refractivity contribution in [3.8, 4) is 5.88 Å². The molecule has 0 radical (unpaired) electrons. The molecule has 0 fully saturated rings. The average molecular weight is 341 g/mol. The number of nitrogens with one attached hydrogen (secondary N) is 2. The number of hydrogen-bond donors (Lipinski definition) is 2. The standard InChI is InChI=1S/C16H15N5O2S/c1-23-14-7-13(18-10-19-14)21-16-20-12(9-24-16)15(22)17-8-11-5-3-2-4-6-11/h2-7,9-10H,8H2,1H3,(H,17,22)(H,18,19,20,21). The van der Waals surface area contributed by atoms with E-state index in [9.17, 15) is 4.79 Å². The molecule has 24 heavy (non-hydrogen) atoms. The van der Waals surface area contributed by atoms with E-state index in [0.717, 1.165) is 5.56 Å². The van der Waals surface area contributed by atoms with Gasteiger partial charge in [-0.3, -0.25) is 4.79 Å². The van der Waals surface area contributed by atoms with Crippen LogP contribution in [0.5, 0.6) is 5.88 Å². The summed E-state index contributed by atoms with van der Waals surface area (Å²) in [6.45, 7) is 0.461. The molecule has 1 aromatic carbocycles. The van der Waals surface area contributed by atoms with Gasteiger partial charge in [-0.25, -0.2) is 15.0 Å². The van der Waals surface area contributed by atoms with Gasteiger partial charge >= 0.3 is 0 Å². The molecule has 122 valence electrons. The second kappa shape index (κ2) is 7.51. The predicted molar refractivity (Wildman–Crippen MR) is 91.6 cm³/mol. The van der Waals surface area contributed by atoms with Crippen molar-refractivity contribution in [3.63, 3.8) is 0 Å². The van der Waals surface area contributed by atoms with Crippen LogP contribution in [0, 0.1) is 0 Å². The van der Waals surface area contributed by atoms with Crippen molar-refractivity contribution in [2.24, 2.45) is 0 Å². The minimum Gasteiger partial charge on any atom is -0.481 e. The van der Waals surface area contributed by atoms with E-state index in [2.05, 4.69) is 25.6 Å². The summed E-state index contributed by atoms with van der Waals surface area (Å²) in [4.78, 5) is 24.4. The van der Waals surface area contributed by atoms with Crippen molar-refractivity contribution in [3.05, 3.63) is 59.4 Å². The highest BCUT2D eigenvalue weighted by atomic mass is 32.1. The van der Waals surface area contributed by atoms with E-state index in [1.165, 1.54) is 24.8 Å². The van der Waals surface area contributed by atoms with E-state index in [1.807, 2.05) is 30.3 Å². The quantitative estimate of drug-likeness (QED) is 0.716. The molecule has 0 aliphatic carbocycles. The fourth-order valence-corrected chi connectivity index (χ4v) is 2.63. The normalized spacial score (nSPS) is 10.2. The van der Waals surface area contributed by atoms with Crippen LogP contribution in [-0.4, -0.2) is 28.0 Å². The number of aromatic nitrogens is 3. The maximum absolute atomic E-state index is 12.1. The van der Waals surface area contributed by atoms with Crippen LogP contribution in [-0.2, 0) is 6.54 Å². The summed E-state index contributed by atoms with van der Waals surface area (Å²) in [6.07, 6.45) is 1.39. The van der Waals surface area contributed by atoms with Gasteiger partial charge < -0.3 is 15.4 Å². The number of benzene rings is 1. The van der Waals surface area contributed by atoms with E-state index >= 15 is 0 Å². The summed E-state index contributed by atoms with van der Waals surface area (Å²) in [5.41, 5.74) is 1.40. The Balaban J connectivity index is 1.61. The van der Waals surface area contributed by atoms with E-state index in [4.69, 9.17) is 4.74 Å². The Morgan fingerprint density at radius 3 is 2.88 bits per heavy atom. The van der Waals surface area contributed by atoms with Gasteiger partial charge in [0.2, 0.25) is 5.88 Å². The lowest BCUT2D eigenvalue weighted by Crippen LogP contribution is -2.23. The van der Waals surface area contributed by atoms with Gasteiger partial charge in [-0.1, -0.05) is 30.3 Å². The lowest BCUT2D eigenvalue weighted by atomic mass is 10.2. The van der Waals surface area contributed by atoms with Gasteiger partial charge in [0.1, 0.15) is 17.8 Å². The van der Waals surface area contributed by atoms with Crippen LogP contribution in [0.1, 0.15) is 16.1 Å². The van der Waals surface area contributed by atoms with Crippen LogP contribution in [0.3, 0.4) is 0 Å². The molecule has 0 unspecified atom stereocenters. The van der Waals surface area contributed by atoms with Gasteiger partial charge in [-0.05, 0) is 5.56 Å². The molecule has 0 aliphatic rings. The van der Waals surface area contributed by atoms with Crippen molar-refractivity contribution >= 4 is 28.2 Å². The Hall–Kier alpha value is -3.00. The lowest BCUT2D eigenvalue weighted by Gasteiger charge is -2.04. The van der Waals surface area contributed by atoms with Crippen LogP contribution in [0.2, 0.25) is 0 Å². The third kappa shape index (κ3) is 4.05. The highest BCUT2D eigenvalue weighted by molar-refractivity contribution is 7.14. The monoisotopic (exact) mass is 341 g/mol. The zero-order valence-corrected chi connectivity index (χ0v) is 13.7. The molecule has 0 spiro atoms. The van der Waals surface area contributed by atoms with Crippen LogP contribution < -0.4 is 15.4 Å². The van der Waals surface area contributed by atoms with Crippen LogP contribution in [0.15, 0.2) is 48.1 Å². The molecule has 1 amide bonds. The third-order valence-corrected chi connectivity index (χ3v) is 3.88. The van der Waals surface area contributed by atoms with Gasteiger partial charge in [0.25, 0.3) is 5.91 Å². The van der Waals surface area contributed by atoms with Crippen molar-refractivity contribution in [1.29, 1.82) is 0 Å². The number of carbonyl (C=O) groups is 1. The van der Waals surface area contributed by atoms with Gasteiger partial charge in [-0.2, -0.15) is 0 Å². The van der Waals surface area contributed by atoms with Gasteiger partial charge in [-0.15, -0.1) is 11.3 Å². The maximum Gasteiger partial charge on any atom is 0.271 e. The molecule has 0 saturated carbocycles. The molecule has 7 nitrogen and oxygen atoms in total. The third-order valence-electron chi connectivity index (χ3n) is 3.12. The number of nitrogens with zero attached hydrogens (tertiary/aromatic N) is 3. The number of carbonyl (C=O) groups excluding carboxylic acids is 1. The summed E-state index contributed by atoms with van der Waals surface area (Å²) in [5.74, 6) is 0.778. The fraction of sp³-hybridized carbons (Fsp3) is 0.125. The van der Waals surface area contributed by atoms with Crippen LogP contribution in [0.25, 0.3) is 0 Å². The summed E-state index contributed by atoms with van der Waals surface area (Å²) >= 11 is 1.32. The first-order valence-electron chi connectivity index (χ1n) is 7.15. The Morgan fingerprint density at radius 2 is 2.08 bits per heavy atom. The summed E-state index contributed by atoms with van der Waals surface area (Å²) in [7, 11) is 1.53. The molecule has 0 aliphatic heterocycles. The first-order valence-corrected chi connectivity index (χ1v) is 8.03. The zero-order valence-electron chi connectivity index (χ0n) is 12.9. The van der Waals surface area contributed by atoms with Crippen molar-refractivity contribution in [2.45, 2.75) is 6.54 Å². The lowest BCUT2D eigenvalue weighted by molar-refractivity contribution is 0.0946. The number of rotatable bonds is 6. The Morgan fingerprint density at radius 1 is 1.25 bits per heavy atom. The highest BCUT2D eigenvalue weighted by Crippen LogP contribution is 2.21. The van der Waals surface area contributed by atoms with Crippen molar-refractivity contribution in [2.75, 3.05) is 12.4 Å². The molecular formula is C16H15N5O2S. The number of methoxy groups -OCH3 is 1. The molecule has 0 saturated heterocycles. The van der Waals surface area contributed by atoms with Gasteiger partial charge in [0.05, 0.1) is 7.11 Å². The second-order valence-electron chi connectivity index (χ2n) is 4.78. The van der Waals surface area contributed by atoms with Crippen LogP contribution >= 0.6 is 11.3 Å². The number of amides is 1. The molecule has 2 N–H and O–H groups in total. The molecule has 3 aromatic rings. The van der Waals surface area contributed by atoms with Gasteiger partial charge in [0.15, 0.2) is 5.13 Å². The first-order chi connectivity index (χ1) is 11.7. The molecule has 3 rings (SSSR count). The summed E-state index contributed by atoms with van der Waals surface area (Å²) in [6, 6.07) is 11.4. The molecule has 0 atom stereocenters. The molecular weight excluding hydrogens is 326 g/mol. The molecule has 2 heterocycles. The van der Waals surface area contributed by atoms with Crippen molar-refractivity contribution < 1.29 is 9.53 Å². The average Bonchev–Trinajstić information content (AvgIpc) is 3.09. The fourth-order valence-electron chi connectivity index (χ4n) is 1.93. The molecule has 2 aromatic heterocycles. The minimum atomic E-state index is -0.219.